The number of aryl methyl sites for hydroxylation is 1. The molecule has 2 heterocycles. The van der Waals surface area contributed by atoms with Crippen molar-refractivity contribution in [2.75, 3.05) is 13.2 Å². The van der Waals surface area contributed by atoms with E-state index in [-0.39, 0.29) is 0 Å². The van der Waals surface area contributed by atoms with Gasteiger partial charge in [0.05, 0.1) is 0 Å². The van der Waals surface area contributed by atoms with E-state index in [4.69, 9.17) is 4.74 Å². The Morgan fingerprint density at radius 1 is 1.33 bits per heavy atom. The molecular formula is C15H18N2O. The van der Waals surface area contributed by atoms with E-state index in [9.17, 15) is 0 Å². The molecule has 1 unspecified atom stereocenters. The third-order valence-electron chi connectivity index (χ3n) is 3.42. The van der Waals surface area contributed by atoms with Gasteiger partial charge in [0.25, 0.3) is 0 Å². The molecule has 1 fully saturated rings. The minimum atomic E-state index is 0.491. The van der Waals surface area contributed by atoms with Gasteiger partial charge in [-0.05, 0) is 38.4 Å². The zero-order valence-electron chi connectivity index (χ0n) is 10.6. The standard InChI is InChI=1S/C15H18N2O/c1-11-7-8-12-4-2-6-14(15(12)17-11)18-10-13-5-3-9-16-13/h2,4,6-8,13,16H,3,5,9-10H2,1H3. The van der Waals surface area contributed by atoms with Crippen molar-refractivity contribution >= 4 is 10.9 Å². The van der Waals surface area contributed by atoms with Gasteiger partial charge in [-0.3, -0.25) is 0 Å². The summed E-state index contributed by atoms with van der Waals surface area (Å²) in [6.07, 6.45) is 2.46. The summed E-state index contributed by atoms with van der Waals surface area (Å²) in [5.41, 5.74) is 1.99. The summed E-state index contributed by atoms with van der Waals surface area (Å²) in [5, 5.41) is 4.58. The van der Waals surface area contributed by atoms with Gasteiger partial charge in [0.1, 0.15) is 17.9 Å². The average Bonchev–Trinajstić information content (AvgIpc) is 2.89. The van der Waals surface area contributed by atoms with Gasteiger partial charge in [0.15, 0.2) is 0 Å². The summed E-state index contributed by atoms with van der Waals surface area (Å²) in [5.74, 6) is 0.893. The smallest absolute Gasteiger partial charge is 0.145 e. The molecule has 1 atom stereocenters. The molecule has 1 N–H and O–H groups in total. The van der Waals surface area contributed by atoms with Gasteiger partial charge in [-0.1, -0.05) is 18.2 Å². The Balaban J connectivity index is 1.84. The van der Waals surface area contributed by atoms with Gasteiger partial charge in [-0.15, -0.1) is 0 Å². The second-order valence-electron chi connectivity index (χ2n) is 4.88. The molecule has 1 aromatic heterocycles. The van der Waals surface area contributed by atoms with E-state index in [0.717, 1.165) is 35.5 Å². The normalized spacial score (nSPS) is 19.3. The highest BCUT2D eigenvalue weighted by molar-refractivity contribution is 5.84. The van der Waals surface area contributed by atoms with Crippen LogP contribution in [-0.4, -0.2) is 24.2 Å². The number of nitrogens with one attached hydrogen (secondary N) is 1. The number of nitrogens with zero attached hydrogens (tertiary/aromatic N) is 1. The van der Waals surface area contributed by atoms with E-state index in [1.54, 1.807) is 0 Å². The maximum Gasteiger partial charge on any atom is 0.145 e. The first-order chi connectivity index (χ1) is 8.83. The number of fused-ring (bicyclic) bond motifs is 1. The van der Waals surface area contributed by atoms with Crippen LogP contribution in [0.25, 0.3) is 10.9 Å². The number of hydrogen-bond donors (Lipinski definition) is 1. The molecule has 0 bridgehead atoms. The highest BCUT2D eigenvalue weighted by Gasteiger charge is 2.15. The van der Waals surface area contributed by atoms with Crippen LogP contribution in [0.1, 0.15) is 18.5 Å². The molecule has 94 valence electrons. The molecule has 3 heteroatoms. The molecule has 1 aliphatic rings. The third kappa shape index (κ3) is 2.31. The Morgan fingerprint density at radius 3 is 3.11 bits per heavy atom. The molecule has 1 saturated heterocycles. The summed E-state index contributed by atoms with van der Waals surface area (Å²) >= 11 is 0. The van der Waals surface area contributed by atoms with Gasteiger partial charge in [0, 0.05) is 17.1 Å². The molecule has 1 aliphatic heterocycles. The van der Waals surface area contributed by atoms with Crippen LogP contribution in [0, 0.1) is 6.92 Å². The maximum atomic E-state index is 5.93. The van der Waals surface area contributed by atoms with Crippen molar-refractivity contribution in [3.05, 3.63) is 36.0 Å². The zero-order chi connectivity index (χ0) is 12.4. The van der Waals surface area contributed by atoms with E-state index < -0.39 is 0 Å². The molecule has 2 aromatic rings. The quantitative estimate of drug-likeness (QED) is 0.898. The lowest BCUT2D eigenvalue weighted by Gasteiger charge is -2.13. The Kier molecular flexibility index (Phi) is 3.15. The lowest BCUT2D eigenvalue weighted by Crippen LogP contribution is -2.28. The second-order valence-corrected chi connectivity index (χ2v) is 4.88. The van der Waals surface area contributed by atoms with Crippen LogP contribution in [0.5, 0.6) is 5.75 Å². The van der Waals surface area contributed by atoms with E-state index in [1.807, 2.05) is 25.1 Å². The van der Waals surface area contributed by atoms with E-state index in [2.05, 4.69) is 22.4 Å². The number of aromatic nitrogens is 1. The Bertz CT molecular complexity index is 547. The molecule has 3 rings (SSSR count). The van der Waals surface area contributed by atoms with E-state index in [1.165, 1.54) is 12.8 Å². The van der Waals surface area contributed by atoms with Crippen LogP contribution in [0.4, 0.5) is 0 Å². The number of benzene rings is 1. The molecule has 0 spiro atoms. The van der Waals surface area contributed by atoms with Crippen LogP contribution in [-0.2, 0) is 0 Å². The van der Waals surface area contributed by atoms with Crippen LogP contribution < -0.4 is 10.1 Å². The summed E-state index contributed by atoms with van der Waals surface area (Å²) in [7, 11) is 0. The van der Waals surface area contributed by atoms with Gasteiger partial charge >= 0.3 is 0 Å². The second kappa shape index (κ2) is 4.94. The fraction of sp³-hybridized carbons (Fsp3) is 0.400. The largest absolute Gasteiger partial charge is 0.490 e. The first-order valence-electron chi connectivity index (χ1n) is 6.55. The average molecular weight is 242 g/mol. The van der Waals surface area contributed by atoms with Gasteiger partial charge in [-0.2, -0.15) is 0 Å². The molecule has 1 aromatic carbocycles. The summed E-state index contributed by atoms with van der Waals surface area (Å²) < 4.78 is 5.93. The highest BCUT2D eigenvalue weighted by atomic mass is 16.5. The van der Waals surface area contributed by atoms with Gasteiger partial charge in [0.2, 0.25) is 0 Å². The van der Waals surface area contributed by atoms with Crippen molar-refractivity contribution in [1.29, 1.82) is 0 Å². The van der Waals surface area contributed by atoms with Crippen molar-refractivity contribution in [2.24, 2.45) is 0 Å². The first kappa shape index (κ1) is 11.5. The van der Waals surface area contributed by atoms with Crippen molar-refractivity contribution in [3.63, 3.8) is 0 Å². The lowest BCUT2D eigenvalue weighted by molar-refractivity contribution is 0.280. The third-order valence-corrected chi connectivity index (χ3v) is 3.42. The molecule has 0 aliphatic carbocycles. The number of pyridine rings is 1. The Labute approximate surface area is 107 Å². The van der Waals surface area contributed by atoms with Crippen molar-refractivity contribution < 1.29 is 4.74 Å². The van der Waals surface area contributed by atoms with E-state index >= 15 is 0 Å². The number of para-hydroxylation sites is 1. The fourth-order valence-electron chi connectivity index (χ4n) is 2.42. The number of ether oxygens (including phenoxy) is 1. The summed E-state index contributed by atoms with van der Waals surface area (Å²) in [6, 6.07) is 10.7. The summed E-state index contributed by atoms with van der Waals surface area (Å²) in [6.45, 7) is 3.85. The van der Waals surface area contributed by atoms with E-state index in [0.29, 0.717) is 6.04 Å². The Morgan fingerprint density at radius 2 is 2.28 bits per heavy atom. The monoisotopic (exact) mass is 242 g/mol. The molecule has 0 amide bonds. The van der Waals surface area contributed by atoms with Gasteiger partial charge < -0.3 is 10.1 Å². The molecule has 0 saturated carbocycles. The molecule has 3 nitrogen and oxygen atoms in total. The predicted octanol–water partition coefficient (Wildman–Crippen LogP) is 2.67. The topological polar surface area (TPSA) is 34.1 Å². The minimum Gasteiger partial charge on any atom is -0.490 e. The number of hydrogen-bond acceptors (Lipinski definition) is 3. The minimum absolute atomic E-state index is 0.491. The van der Waals surface area contributed by atoms with Crippen LogP contribution >= 0.6 is 0 Å². The molecule has 0 radical (unpaired) electrons. The number of rotatable bonds is 3. The zero-order valence-corrected chi connectivity index (χ0v) is 10.6. The predicted molar refractivity (Wildman–Crippen MR) is 73.0 cm³/mol. The van der Waals surface area contributed by atoms with Crippen LogP contribution in [0.15, 0.2) is 30.3 Å². The lowest BCUT2D eigenvalue weighted by atomic mass is 10.2. The highest BCUT2D eigenvalue weighted by Crippen LogP contribution is 2.24. The van der Waals surface area contributed by atoms with Crippen molar-refractivity contribution in [1.82, 2.24) is 10.3 Å². The molecule has 18 heavy (non-hydrogen) atoms. The SMILES string of the molecule is Cc1ccc2cccc(OCC3CCCN3)c2n1. The maximum absolute atomic E-state index is 5.93. The van der Waals surface area contributed by atoms with Gasteiger partial charge in [-0.25, -0.2) is 4.98 Å². The Hall–Kier alpha value is -1.61. The van der Waals surface area contributed by atoms with Crippen LogP contribution in [0.2, 0.25) is 0 Å². The molecular weight excluding hydrogens is 224 g/mol. The van der Waals surface area contributed by atoms with Crippen molar-refractivity contribution in [3.8, 4) is 5.75 Å². The first-order valence-corrected chi connectivity index (χ1v) is 6.55. The van der Waals surface area contributed by atoms with Crippen molar-refractivity contribution in [2.45, 2.75) is 25.8 Å². The summed E-state index contributed by atoms with van der Waals surface area (Å²) in [4.78, 5) is 4.58. The fourth-order valence-corrected chi connectivity index (χ4v) is 2.42. The van der Waals surface area contributed by atoms with Crippen LogP contribution in [0.3, 0.4) is 0 Å².